The van der Waals surface area contributed by atoms with Crippen LogP contribution in [-0.4, -0.2) is 60.6 Å². The summed E-state index contributed by atoms with van der Waals surface area (Å²) in [6.45, 7) is 15.4. The van der Waals surface area contributed by atoms with Crippen molar-refractivity contribution in [1.29, 1.82) is 0 Å². The maximum atomic E-state index is 12.2. The van der Waals surface area contributed by atoms with Crippen molar-refractivity contribution in [3.05, 3.63) is 12.2 Å². The lowest BCUT2D eigenvalue weighted by molar-refractivity contribution is -0.135. The van der Waals surface area contributed by atoms with Crippen LogP contribution in [0.5, 0.6) is 0 Å². The molecule has 1 amide bonds. The lowest BCUT2D eigenvalue weighted by atomic mass is 10.2. The normalized spacial score (nSPS) is 24.9. The predicted octanol–water partition coefficient (Wildman–Crippen LogP) is 1.52. The first kappa shape index (κ1) is 15.2. The third kappa shape index (κ3) is 4.42. The summed E-state index contributed by atoms with van der Waals surface area (Å²) in [4.78, 5) is 16.3. The monoisotopic (exact) mass is 254 g/mol. The molecule has 0 bridgehead atoms. The molecule has 1 rings (SSSR count). The Morgan fingerprint density at radius 1 is 1.50 bits per heavy atom. The number of morpholine rings is 1. The van der Waals surface area contributed by atoms with E-state index in [1.54, 1.807) is 0 Å². The Hall–Kier alpha value is -0.870. The maximum absolute atomic E-state index is 12.2. The van der Waals surface area contributed by atoms with E-state index in [1.807, 2.05) is 18.7 Å². The summed E-state index contributed by atoms with van der Waals surface area (Å²) in [6, 6.07) is 0.314. The number of likely N-dealkylation sites (N-methyl/N-ethyl adjacent to an activating group) is 1. The average molecular weight is 254 g/mol. The van der Waals surface area contributed by atoms with Crippen LogP contribution >= 0.6 is 0 Å². The smallest absolute Gasteiger partial charge is 0.237 e. The van der Waals surface area contributed by atoms with Gasteiger partial charge in [-0.1, -0.05) is 12.2 Å². The van der Waals surface area contributed by atoms with Crippen molar-refractivity contribution in [3.63, 3.8) is 0 Å². The first-order valence-corrected chi connectivity index (χ1v) is 6.71. The van der Waals surface area contributed by atoms with Gasteiger partial charge in [-0.15, -0.1) is 0 Å². The van der Waals surface area contributed by atoms with Gasteiger partial charge in [0.2, 0.25) is 5.91 Å². The zero-order valence-electron chi connectivity index (χ0n) is 12.1. The third-order valence-electron chi connectivity index (χ3n) is 3.27. The fourth-order valence-electron chi connectivity index (χ4n) is 2.17. The molecule has 1 aliphatic rings. The second kappa shape index (κ2) is 6.90. The summed E-state index contributed by atoms with van der Waals surface area (Å²) in [5.41, 5.74) is 1.02. The molecule has 0 N–H and O–H groups in total. The lowest BCUT2D eigenvalue weighted by Gasteiger charge is -2.37. The Morgan fingerprint density at radius 2 is 2.17 bits per heavy atom. The molecule has 1 fully saturated rings. The van der Waals surface area contributed by atoms with E-state index in [-0.39, 0.29) is 12.0 Å². The molecule has 1 heterocycles. The largest absolute Gasteiger partial charge is 0.376 e. The summed E-state index contributed by atoms with van der Waals surface area (Å²) in [7, 11) is 0. The van der Waals surface area contributed by atoms with E-state index in [0.29, 0.717) is 25.7 Å². The molecule has 104 valence electrons. The van der Waals surface area contributed by atoms with E-state index in [4.69, 9.17) is 4.74 Å². The molecule has 0 spiro atoms. The zero-order valence-corrected chi connectivity index (χ0v) is 12.1. The van der Waals surface area contributed by atoms with Gasteiger partial charge in [-0.3, -0.25) is 9.69 Å². The number of rotatable bonds is 5. The molecule has 4 heteroatoms. The summed E-state index contributed by atoms with van der Waals surface area (Å²) in [5, 5.41) is 0. The highest BCUT2D eigenvalue weighted by Crippen LogP contribution is 2.11. The highest BCUT2D eigenvalue weighted by Gasteiger charge is 2.26. The molecule has 2 atom stereocenters. The van der Waals surface area contributed by atoms with Crippen LogP contribution in [0, 0.1) is 0 Å². The number of nitrogens with zero attached hydrogens (tertiary/aromatic N) is 2. The zero-order chi connectivity index (χ0) is 13.7. The molecule has 1 saturated heterocycles. The first-order chi connectivity index (χ1) is 8.43. The van der Waals surface area contributed by atoms with E-state index in [1.165, 1.54) is 0 Å². The minimum atomic E-state index is 0.182. The topological polar surface area (TPSA) is 32.8 Å². The van der Waals surface area contributed by atoms with Crippen LogP contribution in [0.1, 0.15) is 27.7 Å². The molecule has 18 heavy (non-hydrogen) atoms. The van der Waals surface area contributed by atoms with Crippen LogP contribution in [0.25, 0.3) is 0 Å². The molecular weight excluding hydrogens is 228 g/mol. The Kier molecular flexibility index (Phi) is 5.82. The van der Waals surface area contributed by atoms with Crippen molar-refractivity contribution < 1.29 is 9.53 Å². The fraction of sp³-hybridized carbons (Fsp3) is 0.786. The quantitative estimate of drug-likeness (QED) is 0.697. The predicted molar refractivity (Wildman–Crippen MR) is 73.5 cm³/mol. The van der Waals surface area contributed by atoms with Crippen molar-refractivity contribution >= 4 is 5.91 Å². The number of ether oxygens (including phenoxy) is 1. The van der Waals surface area contributed by atoms with E-state index in [9.17, 15) is 4.79 Å². The number of amides is 1. The average Bonchev–Trinajstić information content (AvgIpc) is 2.30. The van der Waals surface area contributed by atoms with Gasteiger partial charge in [0, 0.05) is 25.7 Å². The summed E-state index contributed by atoms with van der Waals surface area (Å²) in [5.74, 6) is 0.182. The van der Waals surface area contributed by atoms with Gasteiger partial charge in [0.05, 0.1) is 19.3 Å². The van der Waals surface area contributed by atoms with Gasteiger partial charge in [-0.25, -0.2) is 0 Å². The van der Waals surface area contributed by atoms with Crippen LogP contribution in [0.4, 0.5) is 0 Å². The molecule has 0 aliphatic carbocycles. The second-order valence-electron chi connectivity index (χ2n) is 5.29. The Labute approximate surface area is 111 Å². The van der Waals surface area contributed by atoms with Gasteiger partial charge in [-0.2, -0.15) is 0 Å². The molecule has 0 radical (unpaired) electrons. The number of hydrogen-bond acceptors (Lipinski definition) is 3. The number of hydrogen-bond donors (Lipinski definition) is 0. The lowest BCUT2D eigenvalue weighted by Crippen LogP contribution is -2.51. The molecular formula is C14H26N2O2. The van der Waals surface area contributed by atoms with Crippen molar-refractivity contribution in [2.24, 2.45) is 0 Å². The Balaban J connectivity index is 2.53. The SMILES string of the molecule is C=C(C)CN(CC)C(=O)CN1C[C@H](C)OC[C@H]1C. The van der Waals surface area contributed by atoms with Gasteiger partial charge >= 0.3 is 0 Å². The van der Waals surface area contributed by atoms with Crippen LogP contribution in [0.15, 0.2) is 12.2 Å². The van der Waals surface area contributed by atoms with Crippen molar-refractivity contribution in [2.45, 2.75) is 39.8 Å². The molecule has 1 aliphatic heterocycles. The van der Waals surface area contributed by atoms with Crippen LogP contribution in [0.3, 0.4) is 0 Å². The molecule has 0 aromatic carbocycles. The van der Waals surface area contributed by atoms with Crippen LogP contribution < -0.4 is 0 Å². The van der Waals surface area contributed by atoms with E-state index in [0.717, 1.165) is 18.7 Å². The minimum Gasteiger partial charge on any atom is -0.376 e. The molecule has 0 aromatic heterocycles. The summed E-state index contributed by atoms with van der Waals surface area (Å²) < 4.78 is 5.57. The maximum Gasteiger partial charge on any atom is 0.237 e. The first-order valence-electron chi connectivity index (χ1n) is 6.71. The standard InChI is InChI=1S/C14H26N2O2/c1-6-15(7-11(2)3)14(17)9-16-8-13(5)18-10-12(16)4/h12-13H,2,6-10H2,1,3-5H3/t12-,13+/m1/s1. The molecule has 0 unspecified atom stereocenters. The summed E-state index contributed by atoms with van der Waals surface area (Å²) in [6.07, 6.45) is 0.213. The highest BCUT2D eigenvalue weighted by molar-refractivity contribution is 5.78. The molecule has 4 nitrogen and oxygen atoms in total. The van der Waals surface area contributed by atoms with Crippen LogP contribution in [0.2, 0.25) is 0 Å². The van der Waals surface area contributed by atoms with E-state index < -0.39 is 0 Å². The van der Waals surface area contributed by atoms with Crippen molar-refractivity contribution in [2.75, 3.05) is 32.8 Å². The van der Waals surface area contributed by atoms with Crippen LogP contribution in [-0.2, 0) is 9.53 Å². The van der Waals surface area contributed by atoms with Crippen molar-refractivity contribution in [1.82, 2.24) is 9.80 Å². The van der Waals surface area contributed by atoms with Gasteiger partial charge in [0.15, 0.2) is 0 Å². The minimum absolute atomic E-state index is 0.182. The molecule has 0 saturated carbocycles. The van der Waals surface area contributed by atoms with Gasteiger partial charge in [0.1, 0.15) is 0 Å². The van der Waals surface area contributed by atoms with E-state index >= 15 is 0 Å². The summed E-state index contributed by atoms with van der Waals surface area (Å²) >= 11 is 0. The Morgan fingerprint density at radius 3 is 2.72 bits per heavy atom. The van der Waals surface area contributed by atoms with Gasteiger partial charge in [0.25, 0.3) is 0 Å². The number of carbonyl (C=O) groups is 1. The van der Waals surface area contributed by atoms with Gasteiger partial charge in [-0.05, 0) is 27.7 Å². The van der Waals surface area contributed by atoms with Crippen molar-refractivity contribution in [3.8, 4) is 0 Å². The fourth-order valence-corrected chi connectivity index (χ4v) is 2.17. The third-order valence-corrected chi connectivity index (χ3v) is 3.27. The number of carbonyl (C=O) groups excluding carboxylic acids is 1. The highest BCUT2D eigenvalue weighted by atomic mass is 16.5. The second-order valence-corrected chi connectivity index (χ2v) is 5.29. The molecule has 0 aromatic rings. The van der Waals surface area contributed by atoms with Gasteiger partial charge < -0.3 is 9.64 Å². The van der Waals surface area contributed by atoms with E-state index in [2.05, 4.69) is 25.3 Å². The Bertz CT molecular complexity index is 304.